The number of hydrogen-bond acceptors (Lipinski definition) is 6. The number of pyridine rings is 2. The van der Waals surface area contributed by atoms with Crippen molar-refractivity contribution in [2.75, 3.05) is 6.54 Å². The van der Waals surface area contributed by atoms with Gasteiger partial charge in [0.2, 0.25) is 5.95 Å². The maximum Gasteiger partial charge on any atom is 0.323 e. The average molecular weight is 476 g/mol. The molecule has 1 unspecified atom stereocenters. The Kier molecular flexibility index (Phi) is 7.09. The summed E-state index contributed by atoms with van der Waals surface area (Å²) in [5.41, 5.74) is -4.57. The molecule has 1 aromatic carbocycles. The Balaban J connectivity index is 1.99. The van der Waals surface area contributed by atoms with Crippen LogP contribution in [0.25, 0.3) is 0 Å². The van der Waals surface area contributed by atoms with Crippen LogP contribution in [0, 0.1) is 29.4 Å². The van der Waals surface area contributed by atoms with E-state index in [9.17, 15) is 18.3 Å². The molecule has 0 aliphatic heterocycles. The van der Waals surface area contributed by atoms with Crippen molar-refractivity contribution in [1.29, 1.82) is 0 Å². The summed E-state index contributed by atoms with van der Waals surface area (Å²) in [5, 5.41) is 14.6. The van der Waals surface area contributed by atoms with E-state index < -0.39 is 46.9 Å². The zero-order valence-electron chi connectivity index (χ0n) is 17.3. The van der Waals surface area contributed by atoms with Gasteiger partial charge >= 0.3 is 5.92 Å². The Hall–Kier alpha value is -4.08. The van der Waals surface area contributed by atoms with E-state index in [-0.39, 0.29) is 5.56 Å². The molecule has 3 aromatic rings. The first-order valence-corrected chi connectivity index (χ1v) is 9.47. The van der Waals surface area contributed by atoms with E-state index >= 15 is 8.78 Å². The van der Waals surface area contributed by atoms with Crippen LogP contribution in [-0.4, -0.2) is 33.0 Å². The van der Waals surface area contributed by atoms with Crippen molar-refractivity contribution in [3.05, 3.63) is 94.8 Å². The Morgan fingerprint density at radius 3 is 2.18 bits per heavy atom. The summed E-state index contributed by atoms with van der Waals surface area (Å²) in [4.78, 5) is 7.11. The van der Waals surface area contributed by atoms with Gasteiger partial charge in [-0.05, 0) is 36.4 Å². The molecule has 176 valence electrons. The van der Waals surface area contributed by atoms with Crippen molar-refractivity contribution in [2.45, 2.75) is 11.5 Å². The largest absolute Gasteiger partial charge is 0.377 e. The molecule has 0 bridgehead atoms. The van der Waals surface area contributed by atoms with Crippen LogP contribution in [0.4, 0.5) is 22.0 Å². The van der Waals surface area contributed by atoms with E-state index in [1.54, 1.807) is 0 Å². The number of nitrogens with zero attached hydrogens (tertiary/aromatic N) is 4. The lowest BCUT2D eigenvalue weighted by Gasteiger charge is -2.37. The molecule has 7 nitrogen and oxygen atoms in total. The van der Waals surface area contributed by atoms with Gasteiger partial charge in [-0.2, -0.15) is 18.3 Å². The minimum atomic E-state index is -4.22. The second-order valence-electron chi connectivity index (χ2n) is 7.05. The van der Waals surface area contributed by atoms with E-state index in [0.29, 0.717) is 28.8 Å². The van der Waals surface area contributed by atoms with Crippen LogP contribution < -0.4 is 11.7 Å². The standard InChI is InChI=1S/C22H17F5N6O/c23-16-5-6-17(18(24)9-16)21(34,12-33(29)13-32-28)22(26,27)19-7-3-14(10-30-19)1-2-15-4-8-20(25)31-11-15/h3-11,13,34H,12,28-29H2/b32-13-. The summed E-state index contributed by atoms with van der Waals surface area (Å²) in [5.74, 6) is 8.45. The maximum atomic E-state index is 15.6. The fourth-order valence-corrected chi connectivity index (χ4v) is 3.03. The quantitative estimate of drug-likeness (QED) is 0.0958. The Morgan fingerprint density at radius 2 is 1.65 bits per heavy atom. The zero-order chi connectivity index (χ0) is 24.9. The Bertz CT molecular complexity index is 1240. The van der Waals surface area contributed by atoms with E-state index in [1.807, 2.05) is 0 Å². The molecule has 1 atom stereocenters. The van der Waals surface area contributed by atoms with Gasteiger partial charge in [0, 0.05) is 35.2 Å². The van der Waals surface area contributed by atoms with Crippen molar-refractivity contribution in [1.82, 2.24) is 15.0 Å². The first kappa shape index (κ1) is 24.6. The smallest absolute Gasteiger partial charge is 0.323 e. The lowest BCUT2D eigenvalue weighted by Crippen LogP contribution is -2.53. The minimum Gasteiger partial charge on any atom is -0.377 e. The van der Waals surface area contributed by atoms with Gasteiger partial charge in [-0.15, -0.1) is 0 Å². The molecule has 0 aliphatic rings. The number of aliphatic hydroxyl groups is 1. The third-order valence-electron chi connectivity index (χ3n) is 4.69. The molecule has 3 rings (SSSR count). The fraction of sp³-hybridized carbons (Fsp3) is 0.136. The zero-order valence-corrected chi connectivity index (χ0v) is 17.3. The van der Waals surface area contributed by atoms with Crippen molar-refractivity contribution >= 4 is 6.34 Å². The van der Waals surface area contributed by atoms with Gasteiger partial charge in [-0.1, -0.05) is 11.8 Å². The number of hydrogen-bond donors (Lipinski definition) is 3. The van der Waals surface area contributed by atoms with Crippen molar-refractivity contribution in [2.24, 2.45) is 16.8 Å². The molecule has 2 heterocycles. The van der Waals surface area contributed by atoms with Gasteiger partial charge in [0.1, 0.15) is 23.7 Å². The number of hydrazone groups is 1. The summed E-state index contributed by atoms with van der Waals surface area (Å²) in [6.45, 7) is -1.08. The van der Waals surface area contributed by atoms with Gasteiger partial charge < -0.3 is 10.9 Å². The number of aromatic nitrogens is 2. The van der Waals surface area contributed by atoms with Crippen LogP contribution >= 0.6 is 0 Å². The van der Waals surface area contributed by atoms with Gasteiger partial charge in [-0.3, -0.25) is 9.99 Å². The SMILES string of the molecule is N/N=C\N(N)CC(O)(c1ccc(F)cc1F)C(F)(F)c1ccc(C#Cc2ccc(F)nc2)cn1. The van der Waals surface area contributed by atoms with Crippen LogP contribution in [0.3, 0.4) is 0 Å². The van der Waals surface area contributed by atoms with Gasteiger partial charge in [0.25, 0.3) is 0 Å². The molecular formula is C22H17F5N6O. The highest BCUT2D eigenvalue weighted by molar-refractivity contribution is 5.54. The normalized spacial score (nSPS) is 13.3. The average Bonchev–Trinajstić information content (AvgIpc) is 2.79. The Morgan fingerprint density at radius 1 is 1.00 bits per heavy atom. The number of alkyl halides is 2. The second-order valence-corrected chi connectivity index (χ2v) is 7.05. The van der Waals surface area contributed by atoms with Crippen LogP contribution in [0.1, 0.15) is 22.4 Å². The van der Waals surface area contributed by atoms with Gasteiger partial charge in [0.15, 0.2) is 5.60 Å². The highest BCUT2D eigenvalue weighted by atomic mass is 19.3. The summed E-state index contributed by atoms with van der Waals surface area (Å²) in [7, 11) is 0. The van der Waals surface area contributed by atoms with Crippen molar-refractivity contribution in [3.8, 4) is 11.8 Å². The molecule has 0 saturated carbocycles. The Labute approximate surface area is 190 Å². The number of nitrogens with two attached hydrogens (primary N) is 2. The highest BCUT2D eigenvalue weighted by Gasteiger charge is 2.58. The predicted molar refractivity (Wildman–Crippen MR) is 112 cm³/mol. The lowest BCUT2D eigenvalue weighted by molar-refractivity contribution is -0.203. The molecule has 34 heavy (non-hydrogen) atoms. The van der Waals surface area contributed by atoms with E-state index in [0.717, 1.165) is 24.7 Å². The first-order valence-electron chi connectivity index (χ1n) is 9.47. The molecule has 0 radical (unpaired) electrons. The maximum absolute atomic E-state index is 15.6. The molecule has 0 aliphatic carbocycles. The van der Waals surface area contributed by atoms with Crippen LogP contribution in [0.15, 0.2) is 60.0 Å². The monoisotopic (exact) mass is 476 g/mol. The highest BCUT2D eigenvalue weighted by Crippen LogP contribution is 2.45. The number of benzene rings is 1. The summed E-state index contributed by atoms with van der Waals surface area (Å²) in [6, 6.07) is 6.32. The first-order chi connectivity index (χ1) is 16.1. The third-order valence-corrected chi connectivity index (χ3v) is 4.69. The summed E-state index contributed by atoms with van der Waals surface area (Å²) >= 11 is 0. The van der Waals surface area contributed by atoms with Crippen molar-refractivity contribution in [3.63, 3.8) is 0 Å². The molecule has 0 fully saturated rings. The summed E-state index contributed by atoms with van der Waals surface area (Å²) < 4.78 is 71.9. The predicted octanol–water partition coefficient (Wildman–Crippen LogP) is 2.35. The topological polar surface area (TPSA) is 114 Å². The van der Waals surface area contributed by atoms with Gasteiger partial charge in [-0.25, -0.2) is 19.6 Å². The van der Waals surface area contributed by atoms with Crippen LogP contribution in [-0.2, 0) is 11.5 Å². The molecular weight excluding hydrogens is 459 g/mol. The third kappa shape index (κ3) is 5.11. The van der Waals surface area contributed by atoms with E-state index in [2.05, 4.69) is 26.9 Å². The van der Waals surface area contributed by atoms with Crippen LogP contribution in [0.2, 0.25) is 0 Å². The van der Waals surface area contributed by atoms with E-state index in [4.69, 9.17) is 11.7 Å². The number of halogens is 5. The molecule has 5 N–H and O–H groups in total. The van der Waals surface area contributed by atoms with Gasteiger partial charge in [0.05, 0.1) is 6.54 Å². The minimum absolute atomic E-state index is 0.219. The van der Waals surface area contributed by atoms with E-state index in [1.165, 1.54) is 18.3 Å². The van der Waals surface area contributed by atoms with Crippen molar-refractivity contribution < 1.29 is 27.1 Å². The lowest BCUT2D eigenvalue weighted by atomic mass is 9.84. The summed E-state index contributed by atoms with van der Waals surface area (Å²) in [6.07, 6.45) is 2.94. The number of hydrazine groups is 1. The molecule has 12 heteroatoms. The molecule has 0 amide bonds. The fourth-order valence-electron chi connectivity index (χ4n) is 3.03. The van der Waals surface area contributed by atoms with Crippen LogP contribution in [0.5, 0.6) is 0 Å². The molecule has 2 aromatic heterocycles. The molecule has 0 spiro atoms. The molecule has 0 saturated heterocycles. The number of rotatable bonds is 6. The second kappa shape index (κ2) is 9.82.